The average molecular weight is 297 g/mol. The van der Waals surface area contributed by atoms with Crippen molar-refractivity contribution in [3.05, 3.63) is 32.2 Å². The first-order valence-corrected chi connectivity index (χ1v) is 4.39. The lowest BCUT2D eigenvalue weighted by atomic mass is 10.2. The molecule has 0 N–H and O–H groups in total. The topological polar surface area (TPSA) is 23.8 Å². The second kappa shape index (κ2) is 3.50. The molecule has 0 saturated heterocycles. The molecule has 1 aromatic carbocycles. The number of benzene rings is 1. The van der Waals surface area contributed by atoms with Gasteiger partial charge in [-0.15, -0.1) is 0 Å². The number of halogens is 4. The van der Waals surface area contributed by atoms with Crippen LogP contribution >= 0.6 is 31.9 Å². The molecule has 0 bridgehead atoms. The Balaban J connectivity index is 3.56. The fourth-order valence-corrected chi connectivity index (χ4v) is 1.74. The summed E-state index contributed by atoms with van der Waals surface area (Å²) >= 11 is 5.66. The van der Waals surface area contributed by atoms with E-state index in [1.807, 2.05) is 0 Å². The van der Waals surface area contributed by atoms with Gasteiger partial charge in [0.15, 0.2) is 0 Å². The smallest absolute Gasteiger partial charge is 0.141 e. The van der Waals surface area contributed by atoms with Gasteiger partial charge in [-0.1, -0.05) is 0 Å². The molecule has 0 amide bonds. The molecule has 12 heavy (non-hydrogen) atoms. The van der Waals surface area contributed by atoms with Crippen molar-refractivity contribution in [2.75, 3.05) is 0 Å². The Labute approximate surface area is 84.3 Å². The minimum absolute atomic E-state index is 0.0294. The number of nitriles is 1. The minimum atomic E-state index is -0.785. The number of hydrogen-bond acceptors (Lipinski definition) is 1. The molecule has 0 saturated carbocycles. The number of nitrogens with zero attached hydrogens (tertiary/aromatic N) is 1. The van der Waals surface area contributed by atoms with Gasteiger partial charge in [0.2, 0.25) is 0 Å². The zero-order valence-corrected chi connectivity index (χ0v) is 8.71. The molecule has 0 aliphatic carbocycles. The highest BCUT2D eigenvalue weighted by atomic mass is 79.9. The van der Waals surface area contributed by atoms with Crippen molar-refractivity contribution >= 4 is 31.9 Å². The summed E-state index contributed by atoms with van der Waals surface area (Å²) in [6.45, 7) is 0. The molecular formula is C7HBr2F2N. The van der Waals surface area contributed by atoms with E-state index in [4.69, 9.17) is 5.26 Å². The van der Waals surface area contributed by atoms with Gasteiger partial charge in [-0.25, -0.2) is 8.78 Å². The quantitative estimate of drug-likeness (QED) is 0.674. The molecule has 1 aromatic rings. The summed E-state index contributed by atoms with van der Waals surface area (Å²) in [7, 11) is 0. The van der Waals surface area contributed by atoms with Crippen molar-refractivity contribution in [2.45, 2.75) is 0 Å². The van der Waals surface area contributed by atoms with Gasteiger partial charge >= 0.3 is 0 Å². The van der Waals surface area contributed by atoms with E-state index in [-0.39, 0.29) is 14.5 Å². The Morgan fingerprint density at radius 1 is 1.17 bits per heavy atom. The highest BCUT2D eigenvalue weighted by Crippen LogP contribution is 2.29. The fourth-order valence-electron chi connectivity index (χ4n) is 0.671. The van der Waals surface area contributed by atoms with Gasteiger partial charge in [-0.3, -0.25) is 0 Å². The Hall–Kier alpha value is -0.470. The average Bonchev–Trinajstić information content (AvgIpc) is 2.02. The lowest BCUT2D eigenvalue weighted by Crippen LogP contribution is -1.90. The molecule has 0 spiro atoms. The van der Waals surface area contributed by atoms with E-state index >= 15 is 0 Å². The predicted molar refractivity (Wildman–Crippen MR) is 46.5 cm³/mol. The van der Waals surface area contributed by atoms with Crippen molar-refractivity contribution < 1.29 is 8.78 Å². The van der Waals surface area contributed by atoms with Crippen molar-refractivity contribution in [1.82, 2.24) is 0 Å². The van der Waals surface area contributed by atoms with Crippen molar-refractivity contribution in [2.24, 2.45) is 0 Å². The van der Waals surface area contributed by atoms with Gasteiger partial charge in [0.05, 0.1) is 14.5 Å². The van der Waals surface area contributed by atoms with Crippen LogP contribution in [0.25, 0.3) is 0 Å². The highest BCUT2D eigenvalue weighted by molar-refractivity contribution is 9.11. The Morgan fingerprint density at radius 3 is 1.92 bits per heavy atom. The maximum Gasteiger partial charge on any atom is 0.141 e. The highest BCUT2D eigenvalue weighted by Gasteiger charge is 2.14. The molecule has 0 aromatic heterocycles. The third kappa shape index (κ3) is 1.50. The second-order valence-electron chi connectivity index (χ2n) is 1.95. The van der Waals surface area contributed by atoms with E-state index in [0.717, 1.165) is 0 Å². The Kier molecular flexibility index (Phi) is 2.80. The molecule has 1 nitrogen and oxygen atoms in total. The largest absolute Gasteiger partial charge is 0.206 e. The van der Waals surface area contributed by atoms with Crippen molar-refractivity contribution in [3.63, 3.8) is 0 Å². The standard InChI is InChI=1S/C7HBr2F2N/c8-6-3(2-12)7(9)5(11)1-4(6)10/h1H. The lowest BCUT2D eigenvalue weighted by molar-refractivity contribution is 0.573. The Bertz CT molecular complexity index is 344. The first kappa shape index (κ1) is 9.62. The van der Waals surface area contributed by atoms with Gasteiger partial charge in [-0.2, -0.15) is 5.26 Å². The fraction of sp³-hybridized carbons (Fsp3) is 0. The first-order chi connectivity index (χ1) is 5.57. The summed E-state index contributed by atoms with van der Waals surface area (Å²) in [4.78, 5) is 0. The maximum absolute atomic E-state index is 12.7. The molecule has 0 unspecified atom stereocenters. The van der Waals surface area contributed by atoms with Gasteiger partial charge < -0.3 is 0 Å². The summed E-state index contributed by atoms with van der Waals surface area (Å²) in [5, 5.41) is 8.50. The van der Waals surface area contributed by atoms with Crippen LogP contribution in [0.4, 0.5) is 8.78 Å². The van der Waals surface area contributed by atoms with Crippen LogP contribution in [0.2, 0.25) is 0 Å². The lowest BCUT2D eigenvalue weighted by Gasteiger charge is -2.00. The van der Waals surface area contributed by atoms with Crippen LogP contribution in [-0.2, 0) is 0 Å². The van der Waals surface area contributed by atoms with Crippen molar-refractivity contribution in [3.8, 4) is 6.07 Å². The first-order valence-electron chi connectivity index (χ1n) is 2.81. The van der Waals surface area contributed by atoms with E-state index in [2.05, 4.69) is 31.9 Å². The summed E-state index contributed by atoms with van der Waals surface area (Å²) in [6.07, 6.45) is 0. The Morgan fingerprint density at radius 2 is 1.58 bits per heavy atom. The molecular weight excluding hydrogens is 296 g/mol. The third-order valence-corrected chi connectivity index (χ3v) is 2.77. The van der Waals surface area contributed by atoms with Gasteiger partial charge in [-0.05, 0) is 31.9 Å². The van der Waals surface area contributed by atoms with Crippen LogP contribution < -0.4 is 0 Å². The van der Waals surface area contributed by atoms with Gasteiger partial charge in [0, 0.05) is 6.07 Å². The molecule has 5 heteroatoms. The molecule has 0 atom stereocenters. The molecule has 62 valence electrons. The third-order valence-electron chi connectivity index (χ3n) is 1.22. The SMILES string of the molecule is N#Cc1c(Br)c(F)cc(F)c1Br. The summed E-state index contributed by atoms with van der Waals surface area (Å²) in [5.74, 6) is -1.57. The van der Waals surface area contributed by atoms with E-state index in [9.17, 15) is 8.78 Å². The zero-order valence-electron chi connectivity index (χ0n) is 5.54. The van der Waals surface area contributed by atoms with Crippen LogP contribution in [-0.4, -0.2) is 0 Å². The zero-order chi connectivity index (χ0) is 9.30. The molecule has 0 aliphatic heterocycles. The van der Waals surface area contributed by atoms with Gasteiger partial charge in [0.25, 0.3) is 0 Å². The molecule has 0 aliphatic rings. The molecule has 1 rings (SSSR count). The number of hydrogen-bond donors (Lipinski definition) is 0. The molecule has 0 radical (unpaired) electrons. The van der Waals surface area contributed by atoms with Gasteiger partial charge in [0.1, 0.15) is 17.7 Å². The normalized spacial score (nSPS) is 9.58. The minimum Gasteiger partial charge on any atom is -0.206 e. The van der Waals surface area contributed by atoms with Crippen LogP contribution in [0.5, 0.6) is 0 Å². The number of rotatable bonds is 0. The summed E-state index contributed by atoms with van der Waals surface area (Å²) < 4.78 is 25.4. The van der Waals surface area contributed by atoms with E-state index in [1.54, 1.807) is 6.07 Å². The van der Waals surface area contributed by atoms with E-state index in [0.29, 0.717) is 6.07 Å². The van der Waals surface area contributed by atoms with E-state index in [1.165, 1.54) is 0 Å². The van der Waals surface area contributed by atoms with Crippen LogP contribution in [0.3, 0.4) is 0 Å². The van der Waals surface area contributed by atoms with E-state index < -0.39 is 11.6 Å². The van der Waals surface area contributed by atoms with Crippen LogP contribution in [0.1, 0.15) is 5.56 Å². The van der Waals surface area contributed by atoms with Crippen molar-refractivity contribution in [1.29, 1.82) is 5.26 Å². The maximum atomic E-state index is 12.7. The van der Waals surface area contributed by atoms with Crippen LogP contribution in [0, 0.1) is 23.0 Å². The predicted octanol–water partition coefficient (Wildman–Crippen LogP) is 3.36. The summed E-state index contributed by atoms with van der Waals surface area (Å²) in [6, 6.07) is 2.37. The summed E-state index contributed by atoms with van der Waals surface area (Å²) in [5.41, 5.74) is -0.0764. The molecule has 0 heterocycles. The molecule has 0 fully saturated rings. The second-order valence-corrected chi connectivity index (χ2v) is 3.54. The van der Waals surface area contributed by atoms with Crippen LogP contribution in [0.15, 0.2) is 15.0 Å². The monoisotopic (exact) mass is 295 g/mol.